The Morgan fingerprint density at radius 3 is 2.68 bits per heavy atom. The van der Waals surface area contributed by atoms with Gasteiger partial charge < -0.3 is 16.0 Å². The summed E-state index contributed by atoms with van der Waals surface area (Å²) in [6.07, 6.45) is 0.816. The van der Waals surface area contributed by atoms with Crippen molar-refractivity contribution in [3.63, 3.8) is 0 Å². The Morgan fingerprint density at radius 2 is 2.11 bits per heavy atom. The number of rotatable bonds is 2. The first kappa shape index (κ1) is 15.5. The second-order valence-electron chi connectivity index (χ2n) is 4.54. The molecule has 0 fully saturated rings. The first-order valence-corrected chi connectivity index (χ1v) is 5.96. The fourth-order valence-electron chi connectivity index (χ4n) is 2.06. The fraction of sp³-hybridized carbons (Fsp3) is 0.385. The van der Waals surface area contributed by atoms with Gasteiger partial charge in [-0.15, -0.1) is 12.4 Å². The van der Waals surface area contributed by atoms with Crippen molar-refractivity contribution < 1.29 is 9.59 Å². The number of nitrogens with zero attached hydrogens (tertiary/aromatic N) is 1. The Bertz CT molecular complexity index is 503. The van der Waals surface area contributed by atoms with Crippen molar-refractivity contribution in [2.75, 3.05) is 16.8 Å². The Morgan fingerprint density at radius 1 is 1.42 bits per heavy atom. The van der Waals surface area contributed by atoms with Crippen molar-refractivity contribution >= 4 is 35.6 Å². The van der Waals surface area contributed by atoms with Crippen LogP contribution in [0.5, 0.6) is 0 Å². The summed E-state index contributed by atoms with van der Waals surface area (Å²) in [5.74, 6) is -0.169. The molecule has 0 unspecified atom stereocenters. The number of halogens is 1. The van der Waals surface area contributed by atoms with Gasteiger partial charge in [-0.2, -0.15) is 0 Å². The summed E-state index contributed by atoms with van der Waals surface area (Å²) in [5, 5.41) is 2.75. The smallest absolute Gasteiger partial charge is 0.240 e. The van der Waals surface area contributed by atoms with Gasteiger partial charge >= 0.3 is 0 Å². The van der Waals surface area contributed by atoms with E-state index < -0.39 is 6.04 Å². The van der Waals surface area contributed by atoms with Gasteiger partial charge in [-0.25, -0.2) is 0 Å². The molecule has 1 aromatic rings. The third kappa shape index (κ3) is 3.24. The van der Waals surface area contributed by atoms with Crippen LogP contribution in [0.25, 0.3) is 0 Å². The molecule has 104 valence electrons. The molecule has 2 amide bonds. The molecule has 6 heteroatoms. The zero-order valence-corrected chi connectivity index (χ0v) is 11.8. The fourth-order valence-corrected chi connectivity index (χ4v) is 2.06. The molecule has 1 atom stereocenters. The molecular weight excluding hydrogens is 266 g/mol. The Balaban J connectivity index is 0.00000180. The minimum atomic E-state index is -0.535. The third-order valence-electron chi connectivity index (χ3n) is 3.04. The minimum absolute atomic E-state index is 0. The summed E-state index contributed by atoms with van der Waals surface area (Å²) in [7, 11) is 0. The lowest BCUT2D eigenvalue weighted by atomic mass is 10.1. The van der Waals surface area contributed by atoms with E-state index in [-0.39, 0.29) is 24.2 Å². The van der Waals surface area contributed by atoms with Crippen LogP contribution >= 0.6 is 12.4 Å². The molecular formula is C13H18ClN3O2. The molecule has 1 aromatic carbocycles. The monoisotopic (exact) mass is 283 g/mol. The van der Waals surface area contributed by atoms with Crippen molar-refractivity contribution in [1.82, 2.24) is 0 Å². The van der Waals surface area contributed by atoms with Gasteiger partial charge in [0.05, 0.1) is 6.04 Å². The number of carbonyl (C=O) groups excluding carboxylic acids is 2. The van der Waals surface area contributed by atoms with E-state index in [1.165, 1.54) is 0 Å². The van der Waals surface area contributed by atoms with Crippen LogP contribution in [0.4, 0.5) is 11.4 Å². The summed E-state index contributed by atoms with van der Waals surface area (Å²) < 4.78 is 0. The molecule has 0 bridgehead atoms. The normalized spacial score (nSPS) is 14.4. The van der Waals surface area contributed by atoms with Crippen LogP contribution in [0.2, 0.25) is 0 Å². The topological polar surface area (TPSA) is 75.4 Å². The quantitative estimate of drug-likeness (QED) is 0.859. The lowest BCUT2D eigenvalue weighted by Gasteiger charge is -2.15. The van der Waals surface area contributed by atoms with Crippen LogP contribution in [0, 0.1) is 0 Å². The molecule has 1 aliphatic heterocycles. The average molecular weight is 284 g/mol. The molecule has 0 radical (unpaired) electrons. The van der Waals surface area contributed by atoms with E-state index in [4.69, 9.17) is 5.73 Å². The number of benzene rings is 1. The van der Waals surface area contributed by atoms with Gasteiger partial charge in [0.25, 0.3) is 0 Å². The van der Waals surface area contributed by atoms with E-state index in [0.717, 1.165) is 23.4 Å². The molecule has 1 heterocycles. The van der Waals surface area contributed by atoms with Crippen LogP contribution < -0.4 is 16.0 Å². The predicted molar refractivity (Wildman–Crippen MR) is 77.7 cm³/mol. The molecule has 5 nitrogen and oxygen atoms in total. The summed E-state index contributed by atoms with van der Waals surface area (Å²) in [6, 6.07) is 5.02. The number of hydrogen-bond acceptors (Lipinski definition) is 3. The largest absolute Gasteiger partial charge is 0.325 e. The number of nitrogens with two attached hydrogens (primary N) is 1. The Kier molecular flexibility index (Phi) is 4.91. The zero-order chi connectivity index (χ0) is 13.3. The van der Waals surface area contributed by atoms with Crippen LogP contribution in [0.15, 0.2) is 18.2 Å². The van der Waals surface area contributed by atoms with Crippen molar-refractivity contribution in [1.29, 1.82) is 0 Å². The Hall–Kier alpha value is -1.59. The minimum Gasteiger partial charge on any atom is -0.325 e. The van der Waals surface area contributed by atoms with Crippen molar-refractivity contribution in [2.45, 2.75) is 26.3 Å². The van der Waals surface area contributed by atoms with E-state index in [2.05, 4.69) is 5.32 Å². The van der Waals surface area contributed by atoms with Gasteiger partial charge in [0.2, 0.25) is 11.8 Å². The van der Waals surface area contributed by atoms with Gasteiger partial charge in [0.15, 0.2) is 0 Å². The predicted octanol–water partition coefficient (Wildman–Crippen LogP) is 1.30. The van der Waals surface area contributed by atoms with Gasteiger partial charge in [0.1, 0.15) is 0 Å². The summed E-state index contributed by atoms with van der Waals surface area (Å²) in [6.45, 7) is 3.90. The van der Waals surface area contributed by atoms with Gasteiger partial charge in [-0.1, -0.05) is 0 Å². The standard InChI is InChI=1S/C13H17N3O2.ClH/c1-8(14)13(18)15-11-3-4-12-10(7-11)5-6-16(12)9(2)17;/h3-4,7-8H,5-6,14H2,1-2H3,(H,15,18);1H/t8-;/m0./s1. The maximum Gasteiger partial charge on any atom is 0.240 e. The van der Waals surface area contributed by atoms with Gasteiger partial charge in [-0.05, 0) is 37.1 Å². The first-order chi connectivity index (χ1) is 8.49. The lowest BCUT2D eigenvalue weighted by Crippen LogP contribution is -2.32. The van der Waals surface area contributed by atoms with E-state index in [1.54, 1.807) is 24.8 Å². The number of nitrogens with one attached hydrogen (secondary N) is 1. The maximum absolute atomic E-state index is 11.5. The average Bonchev–Trinajstić information content (AvgIpc) is 2.71. The highest BCUT2D eigenvalue weighted by Gasteiger charge is 2.22. The maximum atomic E-state index is 11.5. The van der Waals surface area contributed by atoms with E-state index in [1.807, 2.05) is 12.1 Å². The highest BCUT2D eigenvalue weighted by Crippen LogP contribution is 2.30. The summed E-state index contributed by atoms with van der Waals surface area (Å²) >= 11 is 0. The van der Waals surface area contributed by atoms with E-state index in [9.17, 15) is 9.59 Å². The molecule has 1 aliphatic rings. The molecule has 3 N–H and O–H groups in total. The molecule has 0 saturated heterocycles. The molecule has 0 spiro atoms. The lowest BCUT2D eigenvalue weighted by molar-refractivity contribution is -0.117. The zero-order valence-electron chi connectivity index (χ0n) is 11.0. The van der Waals surface area contributed by atoms with Crippen LogP contribution in [-0.2, 0) is 16.0 Å². The van der Waals surface area contributed by atoms with Gasteiger partial charge in [-0.3, -0.25) is 9.59 Å². The number of carbonyl (C=O) groups is 2. The second-order valence-corrected chi connectivity index (χ2v) is 4.54. The van der Waals surface area contributed by atoms with Crippen molar-refractivity contribution in [2.24, 2.45) is 5.73 Å². The third-order valence-corrected chi connectivity index (χ3v) is 3.04. The van der Waals surface area contributed by atoms with Crippen molar-refractivity contribution in [3.05, 3.63) is 23.8 Å². The summed E-state index contributed by atoms with van der Waals surface area (Å²) in [4.78, 5) is 24.6. The number of amides is 2. The SMILES string of the molecule is CC(=O)N1CCc2cc(NC(=O)[C@H](C)N)ccc21.Cl. The molecule has 0 aromatic heterocycles. The molecule has 0 aliphatic carbocycles. The first-order valence-electron chi connectivity index (χ1n) is 5.96. The van der Waals surface area contributed by atoms with Crippen LogP contribution in [0.1, 0.15) is 19.4 Å². The summed E-state index contributed by atoms with van der Waals surface area (Å²) in [5.41, 5.74) is 8.23. The van der Waals surface area contributed by atoms with Crippen LogP contribution in [0.3, 0.4) is 0 Å². The van der Waals surface area contributed by atoms with Crippen LogP contribution in [-0.4, -0.2) is 24.4 Å². The number of anilines is 2. The number of hydrogen-bond donors (Lipinski definition) is 2. The van der Waals surface area contributed by atoms with E-state index in [0.29, 0.717) is 6.54 Å². The molecule has 2 rings (SSSR count). The van der Waals surface area contributed by atoms with Gasteiger partial charge in [0, 0.05) is 24.8 Å². The van der Waals surface area contributed by atoms with Crippen molar-refractivity contribution in [3.8, 4) is 0 Å². The molecule has 0 saturated carbocycles. The highest BCUT2D eigenvalue weighted by atomic mass is 35.5. The molecule has 19 heavy (non-hydrogen) atoms. The second kappa shape index (κ2) is 6.04. The highest BCUT2D eigenvalue weighted by molar-refractivity contribution is 5.96. The number of fused-ring (bicyclic) bond motifs is 1. The van der Waals surface area contributed by atoms with E-state index >= 15 is 0 Å². The Labute approximate surface area is 118 Å².